The highest BCUT2D eigenvalue weighted by atomic mass is 16.1. The minimum absolute atomic E-state index is 0.625. The highest BCUT2D eigenvalue weighted by Crippen LogP contribution is 2.13. The lowest BCUT2D eigenvalue weighted by Gasteiger charge is -1.96. The molecule has 2 nitrogen and oxygen atoms in total. The molecular formula is C9H13NO. The highest BCUT2D eigenvalue weighted by Gasteiger charge is 2.02. The lowest BCUT2D eigenvalue weighted by Crippen LogP contribution is -1.88. The highest BCUT2D eigenvalue weighted by molar-refractivity contribution is 5.50. The topological polar surface area (TPSA) is 32.9 Å². The summed E-state index contributed by atoms with van der Waals surface area (Å²) in [4.78, 5) is 13.2. The van der Waals surface area contributed by atoms with Crippen molar-refractivity contribution >= 4 is 6.29 Å². The molecule has 0 fully saturated rings. The molecule has 0 saturated carbocycles. The summed E-state index contributed by atoms with van der Waals surface area (Å²) in [7, 11) is 0. The second-order valence-electron chi connectivity index (χ2n) is 2.78. The molecule has 1 N–H and O–H groups in total. The summed E-state index contributed by atoms with van der Waals surface area (Å²) in [6.45, 7) is 4.09. The molecule has 1 rings (SSSR count). The molecular weight excluding hydrogens is 138 g/mol. The van der Waals surface area contributed by atoms with Crippen LogP contribution in [0.4, 0.5) is 0 Å². The number of hydrogen-bond acceptors (Lipinski definition) is 1. The molecule has 0 spiro atoms. The second kappa shape index (κ2) is 3.37. The fourth-order valence-corrected chi connectivity index (χ4v) is 1.27. The number of aldehydes is 1. The van der Waals surface area contributed by atoms with E-state index in [1.165, 1.54) is 16.8 Å². The van der Waals surface area contributed by atoms with E-state index in [1.807, 2.05) is 13.1 Å². The zero-order valence-corrected chi connectivity index (χ0v) is 6.98. The molecule has 0 aliphatic rings. The average molecular weight is 151 g/mol. The average Bonchev–Trinajstić information content (AvgIpc) is 2.29. The molecule has 0 unspecified atom stereocenters. The zero-order valence-electron chi connectivity index (χ0n) is 6.98. The number of nitrogens with one attached hydrogen (secondary N) is 1. The van der Waals surface area contributed by atoms with Crippen LogP contribution in [0.15, 0.2) is 6.20 Å². The normalized spacial score (nSPS) is 10.0. The van der Waals surface area contributed by atoms with Crippen molar-refractivity contribution in [2.45, 2.75) is 26.7 Å². The van der Waals surface area contributed by atoms with Gasteiger partial charge >= 0.3 is 0 Å². The Bertz CT molecular complexity index is 231. The van der Waals surface area contributed by atoms with E-state index < -0.39 is 0 Å². The van der Waals surface area contributed by atoms with Crippen LogP contribution in [0.2, 0.25) is 0 Å². The summed E-state index contributed by atoms with van der Waals surface area (Å²) in [5.41, 5.74) is 3.73. The maximum absolute atomic E-state index is 10.1. The van der Waals surface area contributed by atoms with E-state index in [9.17, 15) is 4.79 Å². The fourth-order valence-electron chi connectivity index (χ4n) is 1.27. The Labute approximate surface area is 66.6 Å². The molecule has 0 aromatic carbocycles. The number of rotatable bonds is 3. The van der Waals surface area contributed by atoms with Gasteiger partial charge in [0.05, 0.1) is 0 Å². The van der Waals surface area contributed by atoms with Gasteiger partial charge in [0.25, 0.3) is 0 Å². The Morgan fingerprint density at radius 2 is 2.27 bits per heavy atom. The molecule has 0 saturated heterocycles. The summed E-state index contributed by atoms with van der Waals surface area (Å²) in [5.74, 6) is 0. The fraction of sp³-hybridized carbons (Fsp3) is 0.444. The Morgan fingerprint density at radius 1 is 1.55 bits per heavy atom. The van der Waals surface area contributed by atoms with Crippen molar-refractivity contribution in [3.8, 4) is 0 Å². The molecule has 0 bridgehead atoms. The molecule has 60 valence electrons. The lowest BCUT2D eigenvalue weighted by atomic mass is 10.1. The number of aromatic nitrogens is 1. The summed E-state index contributed by atoms with van der Waals surface area (Å²) >= 11 is 0. The van der Waals surface area contributed by atoms with Crippen LogP contribution in [0.5, 0.6) is 0 Å². The Kier molecular flexibility index (Phi) is 2.47. The van der Waals surface area contributed by atoms with Crippen LogP contribution in [0, 0.1) is 13.8 Å². The van der Waals surface area contributed by atoms with Gasteiger partial charge in [0.15, 0.2) is 0 Å². The standard InChI is InChI=1S/C9H13NO/c1-7-6-10-8(2)9(7)4-3-5-11/h5-6,10H,3-4H2,1-2H3. The van der Waals surface area contributed by atoms with Crippen molar-refractivity contribution in [1.29, 1.82) is 0 Å². The molecule has 0 aliphatic carbocycles. The lowest BCUT2D eigenvalue weighted by molar-refractivity contribution is -0.107. The van der Waals surface area contributed by atoms with E-state index in [2.05, 4.69) is 11.9 Å². The van der Waals surface area contributed by atoms with Crippen molar-refractivity contribution < 1.29 is 4.79 Å². The van der Waals surface area contributed by atoms with Gasteiger partial charge in [0.2, 0.25) is 0 Å². The van der Waals surface area contributed by atoms with E-state index in [0.29, 0.717) is 6.42 Å². The van der Waals surface area contributed by atoms with E-state index in [-0.39, 0.29) is 0 Å². The Morgan fingerprint density at radius 3 is 2.73 bits per heavy atom. The third kappa shape index (κ3) is 1.70. The van der Waals surface area contributed by atoms with E-state index in [1.54, 1.807) is 0 Å². The first-order valence-corrected chi connectivity index (χ1v) is 3.82. The van der Waals surface area contributed by atoms with E-state index in [0.717, 1.165) is 12.7 Å². The molecule has 1 aromatic rings. The zero-order chi connectivity index (χ0) is 8.27. The second-order valence-corrected chi connectivity index (χ2v) is 2.78. The number of aromatic amines is 1. The first-order valence-electron chi connectivity index (χ1n) is 3.82. The van der Waals surface area contributed by atoms with Crippen molar-refractivity contribution in [2.75, 3.05) is 0 Å². The molecule has 1 heterocycles. The van der Waals surface area contributed by atoms with Gasteiger partial charge in [-0.2, -0.15) is 0 Å². The van der Waals surface area contributed by atoms with Crippen molar-refractivity contribution in [2.24, 2.45) is 0 Å². The number of aryl methyl sites for hydroxylation is 2. The van der Waals surface area contributed by atoms with Gasteiger partial charge in [0, 0.05) is 18.3 Å². The number of hydrogen-bond donors (Lipinski definition) is 1. The smallest absolute Gasteiger partial charge is 0.120 e. The van der Waals surface area contributed by atoms with Gasteiger partial charge in [-0.3, -0.25) is 0 Å². The van der Waals surface area contributed by atoms with Crippen molar-refractivity contribution in [3.63, 3.8) is 0 Å². The summed E-state index contributed by atoms with van der Waals surface area (Å²) in [6, 6.07) is 0. The van der Waals surface area contributed by atoms with Crippen LogP contribution in [-0.2, 0) is 11.2 Å². The number of H-pyrrole nitrogens is 1. The van der Waals surface area contributed by atoms with Crippen molar-refractivity contribution in [1.82, 2.24) is 4.98 Å². The summed E-state index contributed by atoms with van der Waals surface area (Å²) in [6.07, 6.45) is 4.44. The minimum Gasteiger partial charge on any atom is -0.365 e. The van der Waals surface area contributed by atoms with Crippen LogP contribution >= 0.6 is 0 Å². The first kappa shape index (κ1) is 8.05. The summed E-state index contributed by atoms with van der Waals surface area (Å²) in [5, 5.41) is 0. The molecule has 0 amide bonds. The van der Waals surface area contributed by atoms with Gasteiger partial charge in [0.1, 0.15) is 6.29 Å². The maximum atomic E-state index is 10.1. The summed E-state index contributed by atoms with van der Waals surface area (Å²) < 4.78 is 0. The third-order valence-corrected chi connectivity index (χ3v) is 1.95. The quantitative estimate of drug-likeness (QED) is 0.656. The molecule has 0 atom stereocenters. The van der Waals surface area contributed by atoms with Gasteiger partial charge in [-0.05, 0) is 31.4 Å². The monoisotopic (exact) mass is 151 g/mol. The Hall–Kier alpha value is -1.05. The van der Waals surface area contributed by atoms with E-state index >= 15 is 0 Å². The van der Waals surface area contributed by atoms with Crippen LogP contribution in [0.25, 0.3) is 0 Å². The molecule has 0 aliphatic heterocycles. The largest absolute Gasteiger partial charge is 0.365 e. The molecule has 2 heteroatoms. The molecule has 0 radical (unpaired) electrons. The van der Waals surface area contributed by atoms with Crippen LogP contribution in [0.1, 0.15) is 23.2 Å². The van der Waals surface area contributed by atoms with Gasteiger partial charge in [-0.1, -0.05) is 0 Å². The predicted molar refractivity (Wildman–Crippen MR) is 44.7 cm³/mol. The van der Waals surface area contributed by atoms with Gasteiger partial charge < -0.3 is 9.78 Å². The van der Waals surface area contributed by atoms with Crippen molar-refractivity contribution in [3.05, 3.63) is 23.0 Å². The third-order valence-electron chi connectivity index (χ3n) is 1.95. The molecule has 1 aromatic heterocycles. The Balaban J connectivity index is 2.74. The SMILES string of the molecule is Cc1c[nH]c(C)c1CCC=O. The number of carbonyl (C=O) groups is 1. The van der Waals surface area contributed by atoms with Crippen LogP contribution < -0.4 is 0 Å². The number of carbonyl (C=O) groups excluding carboxylic acids is 1. The maximum Gasteiger partial charge on any atom is 0.120 e. The first-order chi connectivity index (χ1) is 5.25. The predicted octanol–water partition coefficient (Wildman–Crippen LogP) is 1.76. The van der Waals surface area contributed by atoms with Crippen LogP contribution in [-0.4, -0.2) is 11.3 Å². The minimum atomic E-state index is 0.625. The van der Waals surface area contributed by atoms with Gasteiger partial charge in [-0.25, -0.2) is 0 Å². The van der Waals surface area contributed by atoms with E-state index in [4.69, 9.17) is 0 Å². The van der Waals surface area contributed by atoms with Gasteiger partial charge in [-0.15, -0.1) is 0 Å². The molecule has 11 heavy (non-hydrogen) atoms. The van der Waals surface area contributed by atoms with Crippen LogP contribution in [0.3, 0.4) is 0 Å².